The van der Waals surface area contributed by atoms with Crippen molar-refractivity contribution >= 4 is 17.5 Å². The highest BCUT2D eigenvalue weighted by Gasteiger charge is 2.41. The fourth-order valence-electron chi connectivity index (χ4n) is 4.58. The van der Waals surface area contributed by atoms with E-state index in [9.17, 15) is 9.59 Å². The molecule has 0 spiro atoms. The number of hydrogen-bond donors (Lipinski definition) is 1. The predicted octanol–water partition coefficient (Wildman–Crippen LogP) is 2.68. The van der Waals surface area contributed by atoms with Crippen molar-refractivity contribution in [2.75, 3.05) is 18.4 Å². The van der Waals surface area contributed by atoms with Crippen LogP contribution < -0.4 is 5.32 Å². The molecular formula is C22H23N5O3. The number of nitrogens with one attached hydrogen (secondary N) is 1. The Balaban J connectivity index is 1.32. The van der Waals surface area contributed by atoms with Crippen molar-refractivity contribution in [3.63, 3.8) is 0 Å². The van der Waals surface area contributed by atoms with E-state index in [1.54, 1.807) is 6.07 Å². The lowest BCUT2D eigenvalue weighted by molar-refractivity contribution is 0.0781. The molecule has 0 radical (unpaired) electrons. The van der Waals surface area contributed by atoms with E-state index in [1.807, 2.05) is 53.6 Å². The first kappa shape index (κ1) is 18.6. The zero-order valence-electron chi connectivity index (χ0n) is 17.0. The number of rotatable bonds is 3. The maximum absolute atomic E-state index is 13.0. The Hall–Kier alpha value is -3.42. The minimum Gasteiger partial charge on any atom is -0.466 e. The largest absolute Gasteiger partial charge is 0.466 e. The van der Waals surface area contributed by atoms with Crippen molar-refractivity contribution in [3.8, 4) is 0 Å². The van der Waals surface area contributed by atoms with E-state index in [4.69, 9.17) is 4.42 Å². The Morgan fingerprint density at radius 3 is 2.57 bits per heavy atom. The molecule has 0 saturated carbocycles. The van der Waals surface area contributed by atoms with Crippen LogP contribution in [0.4, 0.5) is 5.69 Å². The molecule has 8 nitrogen and oxygen atoms in total. The van der Waals surface area contributed by atoms with E-state index in [1.165, 1.54) is 0 Å². The number of fused-ring (bicyclic) bond motifs is 2. The van der Waals surface area contributed by atoms with Gasteiger partial charge in [0, 0.05) is 31.7 Å². The summed E-state index contributed by atoms with van der Waals surface area (Å²) in [4.78, 5) is 27.6. The molecular weight excluding hydrogens is 382 g/mol. The van der Waals surface area contributed by atoms with Crippen molar-refractivity contribution in [2.24, 2.45) is 11.8 Å². The number of para-hydroxylation sites is 1. The molecule has 2 aromatic heterocycles. The maximum atomic E-state index is 13.0. The lowest BCUT2D eigenvalue weighted by Crippen LogP contribution is -2.31. The van der Waals surface area contributed by atoms with E-state index in [0.717, 1.165) is 17.3 Å². The van der Waals surface area contributed by atoms with E-state index in [0.29, 0.717) is 49.1 Å². The average molecular weight is 405 g/mol. The normalized spacial score (nSPS) is 20.0. The summed E-state index contributed by atoms with van der Waals surface area (Å²) < 4.78 is 7.43. The molecule has 2 atom stereocenters. The molecule has 2 aliphatic rings. The molecule has 5 rings (SSSR count). The van der Waals surface area contributed by atoms with E-state index in [2.05, 4.69) is 15.5 Å². The molecule has 1 N–H and O–H groups in total. The SMILES string of the molecule is Cc1cc(C(=O)N2C[C@@H]3Cc4nnc(C(=O)Nc5ccccc5)n4C[C@@H]3C2)c(C)o1. The molecule has 1 aromatic carbocycles. The van der Waals surface area contributed by atoms with E-state index >= 15 is 0 Å². The van der Waals surface area contributed by atoms with Gasteiger partial charge in [0.25, 0.3) is 11.8 Å². The molecule has 0 bridgehead atoms. The molecule has 2 amide bonds. The van der Waals surface area contributed by atoms with Gasteiger partial charge in [-0.15, -0.1) is 10.2 Å². The topological polar surface area (TPSA) is 93.3 Å². The second-order valence-corrected chi connectivity index (χ2v) is 8.13. The van der Waals surface area contributed by atoms with Crippen molar-refractivity contribution in [1.82, 2.24) is 19.7 Å². The van der Waals surface area contributed by atoms with E-state index < -0.39 is 0 Å². The van der Waals surface area contributed by atoms with Gasteiger partial charge in [-0.05, 0) is 43.9 Å². The molecule has 4 heterocycles. The molecule has 1 saturated heterocycles. The highest BCUT2D eigenvalue weighted by Crippen LogP contribution is 2.34. The Bertz CT molecular complexity index is 1120. The van der Waals surface area contributed by atoms with Gasteiger partial charge in [0.2, 0.25) is 5.82 Å². The van der Waals surface area contributed by atoms with Gasteiger partial charge in [0.15, 0.2) is 0 Å². The zero-order chi connectivity index (χ0) is 20.8. The van der Waals surface area contributed by atoms with Crippen molar-refractivity contribution in [3.05, 3.63) is 65.1 Å². The molecule has 8 heteroatoms. The van der Waals surface area contributed by atoms with E-state index in [-0.39, 0.29) is 17.7 Å². The number of aromatic nitrogens is 3. The lowest BCUT2D eigenvalue weighted by atomic mass is 9.89. The monoisotopic (exact) mass is 405 g/mol. The third kappa shape index (κ3) is 3.18. The number of likely N-dealkylation sites (tertiary alicyclic amines) is 1. The first-order valence-electron chi connectivity index (χ1n) is 10.1. The Morgan fingerprint density at radius 2 is 1.83 bits per heavy atom. The summed E-state index contributed by atoms with van der Waals surface area (Å²) >= 11 is 0. The van der Waals surface area contributed by atoms with Crippen molar-refractivity contribution < 1.29 is 14.0 Å². The second kappa shape index (κ2) is 7.12. The molecule has 30 heavy (non-hydrogen) atoms. The summed E-state index contributed by atoms with van der Waals surface area (Å²) in [6.07, 6.45) is 0.712. The summed E-state index contributed by atoms with van der Waals surface area (Å²) in [7, 11) is 0. The fourth-order valence-corrected chi connectivity index (χ4v) is 4.58. The minimum atomic E-state index is -0.270. The van der Waals surface area contributed by atoms with Gasteiger partial charge in [0.05, 0.1) is 5.56 Å². The van der Waals surface area contributed by atoms with Crippen LogP contribution in [0.1, 0.15) is 38.3 Å². The Labute approximate surface area is 173 Å². The van der Waals surface area contributed by atoms with Crippen LogP contribution in [-0.2, 0) is 13.0 Å². The van der Waals surface area contributed by atoms with Crippen LogP contribution in [0.25, 0.3) is 0 Å². The molecule has 154 valence electrons. The summed E-state index contributed by atoms with van der Waals surface area (Å²) in [5.74, 6) is 2.86. The Kier molecular flexibility index (Phi) is 4.42. The number of anilines is 1. The van der Waals surface area contributed by atoms with Gasteiger partial charge in [-0.1, -0.05) is 18.2 Å². The molecule has 2 aliphatic heterocycles. The van der Waals surface area contributed by atoms with Gasteiger partial charge in [0.1, 0.15) is 17.3 Å². The van der Waals surface area contributed by atoms with Gasteiger partial charge in [-0.2, -0.15) is 0 Å². The zero-order valence-corrected chi connectivity index (χ0v) is 17.0. The highest BCUT2D eigenvalue weighted by molar-refractivity contribution is 6.01. The third-order valence-electron chi connectivity index (χ3n) is 6.06. The number of carbonyl (C=O) groups is 2. The molecule has 0 unspecified atom stereocenters. The van der Waals surface area contributed by atoms with Crippen LogP contribution in [-0.4, -0.2) is 44.6 Å². The summed E-state index contributed by atoms with van der Waals surface area (Å²) in [6.45, 7) is 5.65. The number of aryl methyl sites for hydroxylation is 2. The van der Waals surface area contributed by atoms with Gasteiger partial charge in [-0.25, -0.2) is 0 Å². The number of nitrogens with zero attached hydrogens (tertiary/aromatic N) is 4. The van der Waals surface area contributed by atoms with Crippen LogP contribution in [0.2, 0.25) is 0 Å². The number of carbonyl (C=O) groups excluding carboxylic acids is 2. The van der Waals surface area contributed by atoms with Gasteiger partial charge >= 0.3 is 0 Å². The number of benzene rings is 1. The second-order valence-electron chi connectivity index (χ2n) is 8.13. The van der Waals surface area contributed by atoms with Crippen molar-refractivity contribution in [2.45, 2.75) is 26.8 Å². The van der Waals surface area contributed by atoms with Gasteiger partial charge in [-0.3, -0.25) is 9.59 Å². The molecule has 1 fully saturated rings. The van der Waals surface area contributed by atoms with Crippen LogP contribution in [0.5, 0.6) is 0 Å². The number of hydrogen-bond acceptors (Lipinski definition) is 5. The first-order valence-corrected chi connectivity index (χ1v) is 10.1. The Morgan fingerprint density at radius 1 is 1.07 bits per heavy atom. The standard InChI is InChI=1S/C22H23N5O3/c1-13-8-18(14(2)30-13)22(29)26-10-15-9-19-24-25-20(27(19)12-16(15)11-26)21(28)23-17-6-4-3-5-7-17/h3-8,15-16H,9-12H2,1-2H3,(H,23,28)/t15-,16-/m0/s1. The van der Waals surface area contributed by atoms with Gasteiger partial charge < -0.3 is 19.2 Å². The summed E-state index contributed by atoms with van der Waals surface area (Å²) in [5, 5.41) is 11.3. The lowest BCUT2D eigenvalue weighted by Gasteiger charge is -2.25. The van der Waals surface area contributed by atoms with Crippen molar-refractivity contribution in [1.29, 1.82) is 0 Å². The molecule has 3 aromatic rings. The predicted molar refractivity (Wildman–Crippen MR) is 109 cm³/mol. The summed E-state index contributed by atoms with van der Waals surface area (Å²) in [5.41, 5.74) is 1.35. The maximum Gasteiger partial charge on any atom is 0.293 e. The average Bonchev–Trinajstić information content (AvgIpc) is 3.42. The minimum absolute atomic E-state index is 0.0107. The van der Waals surface area contributed by atoms with Crippen LogP contribution in [0, 0.1) is 25.7 Å². The first-order chi connectivity index (χ1) is 14.5. The quantitative estimate of drug-likeness (QED) is 0.723. The van der Waals surface area contributed by atoms with Crippen LogP contribution in [0.3, 0.4) is 0 Å². The number of furan rings is 1. The smallest absolute Gasteiger partial charge is 0.293 e. The number of amides is 2. The van der Waals surface area contributed by atoms with Crippen LogP contribution in [0.15, 0.2) is 40.8 Å². The summed E-state index contributed by atoms with van der Waals surface area (Å²) in [6, 6.07) is 11.1. The molecule has 0 aliphatic carbocycles. The highest BCUT2D eigenvalue weighted by atomic mass is 16.3. The third-order valence-corrected chi connectivity index (χ3v) is 6.06. The fraction of sp³-hybridized carbons (Fsp3) is 0.364. The van der Waals surface area contributed by atoms with Crippen LogP contribution >= 0.6 is 0 Å².